The summed E-state index contributed by atoms with van der Waals surface area (Å²) in [6.07, 6.45) is 9.15. The minimum absolute atomic E-state index is 1.12. The summed E-state index contributed by atoms with van der Waals surface area (Å²) in [6, 6.07) is 45.1. The first-order chi connectivity index (χ1) is 20.3. The highest BCUT2D eigenvalue weighted by atomic mass is 15.0. The normalized spacial score (nSPS) is 13.7. The van der Waals surface area contributed by atoms with Gasteiger partial charge in [-0.05, 0) is 80.6 Å². The number of benzene rings is 7. The molecule has 1 aromatic heterocycles. The van der Waals surface area contributed by atoms with Crippen molar-refractivity contribution in [2.45, 2.75) is 12.8 Å². The molecule has 192 valence electrons. The lowest BCUT2D eigenvalue weighted by Gasteiger charge is -2.14. The Morgan fingerprint density at radius 3 is 2.10 bits per heavy atom. The van der Waals surface area contributed by atoms with E-state index in [1.807, 2.05) is 0 Å². The zero-order valence-corrected chi connectivity index (χ0v) is 22.6. The summed E-state index contributed by atoms with van der Waals surface area (Å²) >= 11 is 0. The molecule has 1 heterocycles. The van der Waals surface area contributed by atoms with E-state index in [9.17, 15) is 0 Å². The van der Waals surface area contributed by atoms with Crippen LogP contribution < -0.4 is 0 Å². The molecular formula is C40H27N. The van der Waals surface area contributed by atoms with E-state index < -0.39 is 0 Å². The maximum Gasteiger partial charge on any atom is 0.0626 e. The summed E-state index contributed by atoms with van der Waals surface area (Å²) in [4.78, 5) is 0. The van der Waals surface area contributed by atoms with Gasteiger partial charge in [-0.1, -0.05) is 115 Å². The topological polar surface area (TPSA) is 4.93 Å². The van der Waals surface area contributed by atoms with Crippen LogP contribution in [0.25, 0.3) is 76.2 Å². The van der Waals surface area contributed by atoms with Crippen LogP contribution in [0.15, 0.2) is 140 Å². The highest BCUT2D eigenvalue weighted by molar-refractivity contribution is 6.36. The summed E-state index contributed by atoms with van der Waals surface area (Å²) in [6.45, 7) is 0. The lowest BCUT2D eigenvalue weighted by atomic mass is 9.93. The predicted molar refractivity (Wildman–Crippen MR) is 177 cm³/mol. The van der Waals surface area contributed by atoms with Crippen molar-refractivity contribution in [1.82, 2.24) is 4.57 Å². The van der Waals surface area contributed by atoms with Gasteiger partial charge in [-0.2, -0.15) is 0 Å². The highest BCUT2D eigenvalue weighted by Crippen LogP contribution is 2.44. The van der Waals surface area contributed by atoms with Gasteiger partial charge >= 0.3 is 0 Å². The third kappa shape index (κ3) is 3.30. The number of hydrogen-bond acceptors (Lipinski definition) is 0. The smallest absolute Gasteiger partial charge is 0.0626 e. The first-order valence-electron chi connectivity index (χ1n) is 14.5. The lowest BCUT2D eigenvalue weighted by Crippen LogP contribution is -1.95. The van der Waals surface area contributed by atoms with E-state index in [0.29, 0.717) is 0 Å². The molecule has 0 fully saturated rings. The minimum Gasteiger partial charge on any atom is -0.309 e. The molecule has 1 aliphatic carbocycles. The molecule has 0 aliphatic heterocycles. The van der Waals surface area contributed by atoms with Crippen molar-refractivity contribution >= 4 is 70.5 Å². The van der Waals surface area contributed by atoms with E-state index in [-0.39, 0.29) is 0 Å². The molecule has 0 saturated heterocycles. The van der Waals surface area contributed by atoms with Gasteiger partial charge in [0.15, 0.2) is 0 Å². The van der Waals surface area contributed by atoms with Gasteiger partial charge in [-0.15, -0.1) is 0 Å². The number of hydrogen-bond donors (Lipinski definition) is 0. The summed E-state index contributed by atoms with van der Waals surface area (Å²) in [5.41, 5.74) is 6.33. The highest BCUT2D eigenvalue weighted by Gasteiger charge is 2.20. The van der Waals surface area contributed by atoms with Crippen LogP contribution in [0.3, 0.4) is 0 Å². The van der Waals surface area contributed by atoms with E-state index in [2.05, 4.69) is 144 Å². The molecule has 9 rings (SSSR count). The van der Waals surface area contributed by atoms with E-state index in [4.69, 9.17) is 0 Å². The molecule has 0 N–H and O–H groups in total. The van der Waals surface area contributed by atoms with Crippen molar-refractivity contribution in [2.24, 2.45) is 0 Å². The Labute approximate surface area is 238 Å². The molecule has 0 radical (unpaired) electrons. The average molecular weight is 522 g/mol. The van der Waals surface area contributed by atoms with Crippen molar-refractivity contribution in [2.75, 3.05) is 0 Å². The Morgan fingerprint density at radius 1 is 0.488 bits per heavy atom. The third-order valence-corrected chi connectivity index (χ3v) is 8.94. The van der Waals surface area contributed by atoms with Gasteiger partial charge in [0.25, 0.3) is 0 Å². The van der Waals surface area contributed by atoms with Gasteiger partial charge in [0.1, 0.15) is 0 Å². The number of para-hydroxylation sites is 1. The molecule has 0 amide bonds. The molecule has 0 atom stereocenters. The van der Waals surface area contributed by atoms with Gasteiger partial charge in [-0.25, -0.2) is 0 Å². The van der Waals surface area contributed by atoms with Crippen molar-refractivity contribution in [3.8, 4) is 5.69 Å². The second-order valence-electron chi connectivity index (χ2n) is 11.2. The number of aromatic nitrogens is 1. The molecular weight excluding hydrogens is 494 g/mol. The van der Waals surface area contributed by atoms with Crippen molar-refractivity contribution in [1.29, 1.82) is 0 Å². The quantitative estimate of drug-likeness (QED) is 0.199. The Balaban J connectivity index is 1.41. The standard InChI is InChI=1S/C40H27N/c1-2-10-26(11-3-1)28-18-19-30-25-31(22-20-29(30)24-28)41-37-17-9-8-16-36(37)39-38-32-13-5-4-12-27(32)21-23-34(38)33-14-6-7-15-35(33)40(39)41/h2,4-25H,1,3H2. The Morgan fingerprint density at radius 2 is 1.22 bits per heavy atom. The summed E-state index contributed by atoms with van der Waals surface area (Å²) in [5, 5.41) is 13.0. The predicted octanol–water partition coefficient (Wildman–Crippen LogP) is 11.1. The van der Waals surface area contributed by atoms with Crippen LogP contribution in [-0.2, 0) is 0 Å². The zero-order valence-electron chi connectivity index (χ0n) is 22.6. The second kappa shape index (κ2) is 8.68. The molecule has 1 heteroatoms. The summed E-state index contributed by atoms with van der Waals surface area (Å²) < 4.78 is 2.49. The molecule has 41 heavy (non-hydrogen) atoms. The largest absolute Gasteiger partial charge is 0.309 e. The monoisotopic (exact) mass is 521 g/mol. The zero-order chi connectivity index (χ0) is 26.9. The molecule has 8 aromatic rings. The SMILES string of the molecule is C1=CC(c2ccc3cc(-n4c5ccccc5c5c6c7ccccc7ccc6c6ccccc6c54)ccc3c2)=CCC1. The molecule has 1 nitrogen and oxygen atoms in total. The Kier molecular flexibility index (Phi) is 4.80. The van der Waals surface area contributed by atoms with Gasteiger partial charge in [0.05, 0.1) is 11.0 Å². The van der Waals surface area contributed by atoms with E-state index in [0.717, 1.165) is 12.8 Å². The Hall–Kier alpha value is -5.14. The maximum absolute atomic E-state index is 2.49. The van der Waals surface area contributed by atoms with Crippen molar-refractivity contribution < 1.29 is 0 Å². The third-order valence-electron chi connectivity index (χ3n) is 8.94. The summed E-state index contributed by atoms with van der Waals surface area (Å²) in [5.74, 6) is 0. The lowest BCUT2D eigenvalue weighted by molar-refractivity contribution is 1.04. The van der Waals surface area contributed by atoms with E-state index >= 15 is 0 Å². The molecule has 0 bridgehead atoms. The Bertz CT molecular complexity index is 2410. The van der Waals surface area contributed by atoms with Gasteiger partial charge in [0.2, 0.25) is 0 Å². The molecule has 1 aliphatic rings. The number of fused-ring (bicyclic) bond motifs is 11. The molecule has 0 unspecified atom stereocenters. The number of allylic oxidation sites excluding steroid dienone is 4. The van der Waals surface area contributed by atoms with E-state index in [1.54, 1.807) is 0 Å². The van der Waals surface area contributed by atoms with Crippen LogP contribution in [0.4, 0.5) is 0 Å². The second-order valence-corrected chi connectivity index (χ2v) is 11.2. The van der Waals surface area contributed by atoms with Gasteiger partial charge < -0.3 is 4.57 Å². The molecule has 0 saturated carbocycles. The van der Waals surface area contributed by atoms with Crippen LogP contribution in [0.1, 0.15) is 18.4 Å². The van der Waals surface area contributed by atoms with Gasteiger partial charge in [-0.3, -0.25) is 0 Å². The minimum atomic E-state index is 1.12. The van der Waals surface area contributed by atoms with Crippen LogP contribution in [0.2, 0.25) is 0 Å². The number of rotatable bonds is 2. The number of nitrogens with zero attached hydrogens (tertiary/aromatic N) is 1. The fourth-order valence-corrected chi connectivity index (χ4v) is 7.09. The first kappa shape index (κ1) is 22.7. The fraction of sp³-hybridized carbons (Fsp3) is 0.0500. The first-order valence-corrected chi connectivity index (χ1v) is 14.5. The average Bonchev–Trinajstić information content (AvgIpc) is 3.40. The fourth-order valence-electron chi connectivity index (χ4n) is 7.09. The van der Waals surface area contributed by atoms with Gasteiger partial charge in [0, 0.05) is 27.2 Å². The summed E-state index contributed by atoms with van der Waals surface area (Å²) in [7, 11) is 0. The van der Waals surface area contributed by atoms with Crippen LogP contribution >= 0.6 is 0 Å². The van der Waals surface area contributed by atoms with Crippen LogP contribution in [-0.4, -0.2) is 4.57 Å². The van der Waals surface area contributed by atoms with Crippen LogP contribution in [0, 0.1) is 0 Å². The maximum atomic E-state index is 2.49. The van der Waals surface area contributed by atoms with Crippen molar-refractivity contribution in [3.63, 3.8) is 0 Å². The molecule has 0 spiro atoms. The molecule has 7 aromatic carbocycles. The van der Waals surface area contributed by atoms with Crippen molar-refractivity contribution in [3.05, 3.63) is 145 Å². The van der Waals surface area contributed by atoms with E-state index in [1.165, 1.54) is 81.7 Å². The van der Waals surface area contributed by atoms with Crippen LogP contribution in [0.5, 0.6) is 0 Å².